The van der Waals surface area contributed by atoms with Gasteiger partial charge in [-0.1, -0.05) is 102 Å². The lowest BCUT2D eigenvalue weighted by molar-refractivity contribution is 0.573. The first-order chi connectivity index (χ1) is 12.8. The summed E-state index contributed by atoms with van der Waals surface area (Å²) in [5.74, 6) is 0.927. The van der Waals surface area contributed by atoms with E-state index < -0.39 is 0 Å². The highest BCUT2D eigenvalue weighted by molar-refractivity contribution is 8.13. The van der Waals surface area contributed by atoms with Crippen molar-refractivity contribution in [1.29, 1.82) is 0 Å². The number of rotatable bonds is 4. The van der Waals surface area contributed by atoms with Crippen LogP contribution in [0.15, 0.2) is 89.9 Å². The summed E-state index contributed by atoms with van der Waals surface area (Å²) in [6.45, 7) is 2.14. The molecule has 1 aliphatic heterocycles. The second-order valence-corrected chi connectivity index (χ2v) is 7.56. The summed E-state index contributed by atoms with van der Waals surface area (Å²) in [4.78, 5) is 5.02. The van der Waals surface area contributed by atoms with E-state index in [2.05, 4.69) is 97.2 Å². The molecule has 0 aromatic heterocycles. The standard InChI is InChI=1S/C23H22N2S/c1-17-9-8-10-18(15-17)16-26-23-24-21(19-11-4-2-5-12-19)22(25-23)20-13-6-3-7-14-20/h2-15,21-22H,16H2,1H3,(H,24,25). The van der Waals surface area contributed by atoms with Gasteiger partial charge in [-0.25, -0.2) is 0 Å². The van der Waals surface area contributed by atoms with Crippen molar-refractivity contribution in [2.45, 2.75) is 24.8 Å². The molecule has 0 aliphatic carbocycles. The fourth-order valence-electron chi connectivity index (χ4n) is 3.33. The molecule has 4 rings (SSSR count). The van der Waals surface area contributed by atoms with Crippen LogP contribution in [-0.2, 0) is 5.75 Å². The van der Waals surface area contributed by atoms with Crippen LogP contribution in [0.25, 0.3) is 0 Å². The van der Waals surface area contributed by atoms with Gasteiger partial charge in [-0.05, 0) is 23.6 Å². The van der Waals surface area contributed by atoms with Crippen molar-refractivity contribution in [3.8, 4) is 0 Å². The topological polar surface area (TPSA) is 24.4 Å². The van der Waals surface area contributed by atoms with Crippen LogP contribution in [0.3, 0.4) is 0 Å². The van der Waals surface area contributed by atoms with Gasteiger partial charge in [0.1, 0.15) is 6.04 Å². The van der Waals surface area contributed by atoms with Crippen LogP contribution in [0, 0.1) is 6.92 Å². The van der Waals surface area contributed by atoms with E-state index in [1.165, 1.54) is 22.3 Å². The van der Waals surface area contributed by atoms with Crippen LogP contribution in [-0.4, -0.2) is 5.17 Å². The second-order valence-electron chi connectivity index (χ2n) is 6.60. The average molecular weight is 359 g/mol. The number of nitrogens with one attached hydrogen (secondary N) is 1. The summed E-state index contributed by atoms with van der Waals surface area (Å²) in [7, 11) is 0. The van der Waals surface area contributed by atoms with Gasteiger partial charge in [0.25, 0.3) is 0 Å². The van der Waals surface area contributed by atoms with Gasteiger partial charge >= 0.3 is 0 Å². The third kappa shape index (κ3) is 3.83. The molecule has 1 N–H and O–H groups in total. The number of hydrogen-bond acceptors (Lipinski definition) is 3. The number of amidine groups is 1. The molecule has 3 aromatic carbocycles. The SMILES string of the molecule is Cc1cccc(CSC2=NC(c3ccccc3)C(c3ccccc3)N2)c1. The number of benzene rings is 3. The predicted molar refractivity (Wildman–Crippen MR) is 111 cm³/mol. The highest BCUT2D eigenvalue weighted by Gasteiger charge is 2.31. The third-order valence-corrected chi connectivity index (χ3v) is 5.58. The van der Waals surface area contributed by atoms with E-state index in [4.69, 9.17) is 4.99 Å². The molecule has 1 aliphatic rings. The van der Waals surface area contributed by atoms with Crippen LogP contribution < -0.4 is 5.32 Å². The van der Waals surface area contributed by atoms with Crippen molar-refractivity contribution in [1.82, 2.24) is 5.32 Å². The van der Waals surface area contributed by atoms with Crippen molar-refractivity contribution in [2.24, 2.45) is 4.99 Å². The molecule has 26 heavy (non-hydrogen) atoms. The summed E-state index contributed by atoms with van der Waals surface area (Å²) in [5, 5.41) is 4.68. The van der Waals surface area contributed by atoms with Crippen LogP contribution in [0.5, 0.6) is 0 Å². The molecular formula is C23H22N2S. The number of aliphatic imine (C=N–C) groups is 1. The largest absolute Gasteiger partial charge is 0.356 e. The van der Waals surface area contributed by atoms with Crippen LogP contribution >= 0.6 is 11.8 Å². The monoisotopic (exact) mass is 358 g/mol. The lowest BCUT2D eigenvalue weighted by Crippen LogP contribution is -2.22. The van der Waals surface area contributed by atoms with E-state index in [-0.39, 0.29) is 12.1 Å². The van der Waals surface area contributed by atoms with Crippen molar-refractivity contribution in [3.63, 3.8) is 0 Å². The fraction of sp³-hybridized carbons (Fsp3) is 0.174. The summed E-state index contributed by atoms with van der Waals surface area (Å²) < 4.78 is 0. The van der Waals surface area contributed by atoms with Gasteiger partial charge in [0.05, 0.1) is 6.04 Å². The fourth-order valence-corrected chi connectivity index (χ4v) is 4.21. The van der Waals surface area contributed by atoms with Gasteiger partial charge < -0.3 is 5.32 Å². The maximum atomic E-state index is 5.02. The van der Waals surface area contributed by atoms with Crippen molar-refractivity contribution < 1.29 is 0 Å². The normalized spacial score (nSPS) is 19.0. The van der Waals surface area contributed by atoms with E-state index in [1.54, 1.807) is 11.8 Å². The molecule has 130 valence electrons. The molecule has 0 radical (unpaired) electrons. The zero-order valence-corrected chi connectivity index (χ0v) is 15.6. The van der Waals surface area contributed by atoms with Gasteiger partial charge in [-0.15, -0.1) is 0 Å². The molecule has 3 heteroatoms. The van der Waals surface area contributed by atoms with Crippen molar-refractivity contribution in [2.75, 3.05) is 0 Å². The highest BCUT2D eigenvalue weighted by Crippen LogP contribution is 2.38. The van der Waals surface area contributed by atoms with Crippen molar-refractivity contribution in [3.05, 3.63) is 107 Å². The zero-order valence-electron chi connectivity index (χ0n) is 14.8. The number of nitrogens with zero attached hydrogens (tertiary/aromatic N) is 1. The molecular weight excluding hydrogens is 336 g/mol. The lowest BCUT2D eigenvalue weighted by atomic mass is 9.95. The van der Waals surface area contributed by atoms with Gasteiger partial charge in [-0.2, -0.15) is 0 Å². The van der Waals surface area contributed by atoms with E-state index in [0.29, 0.717) is 0 Å². The Morgan fingerprint density at radius 1 is 0.846 bits per heavy atom. The Kier molecular flexibility index (Phi) is 5.07. The summed E-state index contributed by atoms with van der Waals surface area (Å²) in [5.41, 5.74) is 5.16. The highest BCUT2D eigenvalue weighted by atomic mass is 32.2. The Morgan fingerprint density at radius 2 is 1.54 bits per heavy atom. The summed E-state index contributed by atoms with van der Waals surface area (Å²) >= 11 is 1.78. The minimum atomic E-state index is 0.110. The average Bonchev–Trinajstić information content (AvgIpc) is 3.12. The van der Waals surface area contributed by atoms with Crippen LogP contribution in [0.2, 0.25) is 0 Å². The molecule has 3 aromatic rings. The molecule has 0 fully saturated rings. The van der Waals surface area contributed by atoms with Crippen LogP contribution in [0.1, 0.15) is 34.3 Å². The first kappa shape index (κ1) is 16.9. The van der Waals surface area contributed by atoms with Gasteiger partial charge in [0.15, 0.2) is 5.17 Å². The first-order valence-corrected chi connectivity index (χ1v) is 9.91. The zero-order chi connectivity index (χ0) is 17.8. The Bertz CT molecular complexity index is 890. The second kappa shape index (κ2) is 7.79. The summed E-state index contributed by atoms with van der Waals surface area (Å²) in [6, 6.07) is 30.1. The van der Waals surface area contributed by atoms with E-state index in [1.807, 2.05) is 0 Å². The third-order valence-electron chi connectivity index (χ3n) is 4.61. The predicted octanol–water partition coefficient (Wildman–Crippen LogP) is 5.67. The quantitative estimate of drug-likeness (QED) is 0.650. The molecule has 2 unspecified atom stereocenters. The minimum Gasteiger partial charge on any atom is -0.356 e. The lowest BCUT2D eigenvalue weighted by Gasteiger charge is -2.19. The summed E-state index contributed by atoms with van der Waals surface area (Å²) in [6.07, 6.45) is 0. The van der Waals surface area contributed by atoms with Gasteiger partial charge in [0.2, 0.25) is 0 Å². The Morgan fingerprint density at radius 3 is 2.23 bits per heavy atom. The molecule has 1 heterocycles. The number of aryl methyl sites for hydroxylation is 1. The van der Waals surface area contributed by atoms with Gasteiger partial charge in [0, 0.05) is 5.75 Å². The minimum absolute atomic E-state index is 0.110. The molecule has 0 amide bonds. The van der Waals surface area contributed by atoms with Crippen molar-refractivity contribution >= 4 is 16.9 Å². The molecule has 2 atom stereocenters. The van der Waals surface area contributed by atoms with Crippen LogP contribution in [0.4, 0.5) is 0 Å². The maximum absolute atomic E-state index is 5.02. The molecule has 0 saturated carbocycles. The molecule has 0 bridgehead atoms. The van der Waals surface area contributed by atoms with E-state index in [9.17, 15) is 0 Å². The molecule has 2 nitrogen and oxygen atoms in total. The Hall–Kier alpha value is -2.52. The maximum Gasteiger partial charge on any atom is 0.158 e. The molecule has 0 saturated heterocycles. The van der Waals surface area contributed by atoms with E-state index >= 15 is 0 Å². The Labute approximate surface area is 159 Å². The Balaban J connectivity index is 1.56. The van der Waals surface area contributed by atoms with E-state index in [0.717, 1.165) is 10.9 Å². The van der Waals surface area contributed by atoms with Gasteiger partial charge in [-0.3, -0.25) is 4.99 Å². The number of hydrogen-bond donors (Lipinski definition) is 1. The first-order valence-electron chi connectivity index (χ1n) is 8.92. The molecule has 0 spiro atoms. The number of thioether (sulfide) groups is 1. The smallest absolute Gasteiger partial charge is 0.158 e.